The Balaban J connectivity index is 1.77. The molecule has 1 N–H and O–H groups in total. The highest BCUT2D eigenvalue weighted by Gasteiger charge is 1.99. The van der Waals surface area contributed by atoms with Gasteiger partial charge in [-0.15, -0.1) is 0 Å². The summed E-state index contributed by atoms with van der Waals surface area (Å²) in [4.78, 5) is 0. The summed E-state index contributed by atoms with van der Waals surface area (Å²) in [5, 5.41) is 9.30. The SMILES string of the molecule is CCOc1cccc(OCCOc2cccc(O)c2)c1. The third kappa shape index (κ3) is 4.39. The molecule has 0 saturated heterocycles. The largest absolute Gasteiger partial charge is 0.508 e. The molecule has 0 unspecified atom stereocenters. The van der Waals surface area contributed by atoms with Gasteiger partial charge in [0, 0.05) is 12.1 Å². The first-order chi connectivity index (χ1) is 9.78. The lowest BCUT2D eigenvalue weighted by atomic mass is 10.3. The zero-order valence-electron chi connectivity index (χ0n) is 11.4. The number of rotatable bonds is 7. The molecule has 0 spiro atoms. The Hall–Kier alpha value is -2.36. The van der Waals surface area contributed by atoms with Gasteiger partial charge in [0.05, 0.1) is 6.61 Å². The summed E-state index contributed by atoms with van der Waals surface area (Å²) in [6, 6.07) is 14.2. The van der Waals surface area contributed by atoms with Crippen molar-refractivity contribution in [3.63, 3.8) is 0 Å². The first-order valence-electron chi connectivity index (χ1n) is 6.55. The minimum atomic E-state index is 0.188. The van der Waals surface area contributed by atoms with E-state index in [0.717, 1.165) is 11.5 Å². The van der Waals surface area contributed by atoms with Crippen molar-refractivity contribution in [2.45, 2.75) is 6.92 Å². The lowest BCUT2D eigenvalue weighted by Gasteiger charge is -2.10. The number of phenolic OH excluding ortho intramolecular Hbond substituents is 1. The van der Waals surface area contributed by atoms with Crippen LogP contribution in [0.2, 0.25) is 0 Å². The fraction of sp³-hybridized carbons (Fsp3) is 0.250. The molecule has 0 heterocycles. The number of hydrogen-bond donors (Lipinski definition) is 1. The molecule has 2 aromatic carbocycles. The van der Waals surface area contributed by atoms with Crippen LogP contribution in [0.1, 0.15) is 6.92 Å². The number of benzene rings is 2. The molecule has 2 aromatic rings. The van der Waals surface area contributed by atoms with E-state index in [1.807, 2.05) is 31.2 Å². The Labute approximate surface area is 118 Å². The van der Waals surface area contributed by atoms with Crippen LogP contribution in [-0.4, -0.2) is 24.9 Å². The second kappa shape index (κ2) is 7.28. The van der Waals surface area contributed by atoms with E-state index >= 15 is 0 Å². The molecule has 0 aliphatic heterocycles. The van der Waals surface area contributed by atoms with E-state index in [-0.39, 0.29) is 5.75 Å². The Kier molecular flexibility index (Phi) is 5.12. The predicted molar refractivity (Wildman–Crippen MR) is 76.7 cm³/mol. The molecule has 106 valence electrons. The maximum absolute atomic E-state index is 9.30. The van der Waals surface area contributed by atoms with Gasteiger partial charge in [-0.3, -0.25) is 0 Å². The molecule has 20 heavy (non-hydrogen) atoms. The average Bonchev–Trinajstić information content (AvgIpc) is 2.45. The summed E-state index contributed by atoms with van der Waals surface area (Å²) in [6.45, 7) is 3.40. The van der Waals surface area contributed by atoms with Crippen molar-refractivity contribution in [2.75, 3.05) is 19.8 Å². The smallest absolute Gasteiger partial charge is 0.123 e. The minimum absolute atomic E-state index is 0.188. The number of hydrogen-bond acceptors (Lipinski definition) is 4. The van der Waals surface area contributed by atoms with Crippen molar-refractivity contribution >= 4 is 0 Å². The molecule has 0 aromatic heterocycles. The molecule has 0 radical (unpaired) electrons. The molecule has 0 aliphatic rings. The Morgan fingerprint density at radius 3 is 1.95 bits per heavy atom. The molecule has 4 nitrogen and oxygen atoms in total. The van der Waals surface area contributed by atoms with Crippen LogP contribution >= 0.6 is 0 Å². The molecule has 0 aliphatic carbocycles. The van der Waals surface area contributed by atoms with Crippen LogP contribution in [0.4, 0.5) is 0 Å². The third-order valence-corrected chi connectivity index (χ3v) is 2.55. The van der Waals surface area contributed by atoms with Gasteiger partial charge in [-0.2, -0.15) is 0 Å². The summed E-state index contributed by atoms with van der Waals surface area (Å²) >= 11 is 0. The normalized spacial score (nSPS) is 10.1. The maximum atomic E-state index is 9.30. The monoisotopic (exact) mass is 274 g/mol. The fourth-order valence-corrected chi connectivity index (χ4v) is 1.71. The van der Waals surface area contributed by atoms with Crippen molar-refractivity contribution in [2.24, 2.45) is 0 Å². The van der Waals surface area contributed by atoms with Gasteiger partial charge in [0.25, 0.3) is 0 Å². The predicted octanol–water partition coefficient (Wildman–Crippen LogP) is 3.25. The van der Waals surface area contributed by atoms with Gasteiger partial charge in [0.15, 0.2) is 0 Å². The van der Waals surface area contributed by atoms with E-state index in [1.165, 1.54) is 0 Å². The molecule has 0 amide bonds. The van der Waals surface area contributed by atoms with E-state index in [0.29, 0.717) is 25.6 Å². The van der Waals surface area contributed by atoms with Gasteiger partial charge in [-0.05, 0) is 31.2 Å². The van der Waals surface area contributed by atoms with Crippen LogP contribution in [0.5, 0.6) is 23.0 Å². The van der Waals surface area contributed by atoms with Crippen molar-refractivity contribution in [3.05, 3.63) is 48.5 Å². The second-order valence-electron chi connectivity index (χ2n) is 4.10. The maximum Gasteiger partial charge on any atom is 0.123 e. The molecular weight excluding hydrogens is 256 g/mol. The lowest BCUT2D eigenvalue weighted by molar-refractivity contribution is 0.216. The standard InChI is InChI=1S/C16H18O4/c1-2-18-15-7-4-8-16(12-15)20-10-9-19-14-6-3-5-13(17)11-14/h3-8,11-12,17H,2,9-10H2,1H3. The number of aromatic hydroxyl groups is 1. The zero-order chi connectivity index (χ0) is 14.2. The molecule has 0 atom stereocenters. The minimum Gasteiger partial charge on any atom is -0.508 e. The van der Waals surface area contributed by atoms with Gasteiger partial charge in [0.2, 0.25) is 0 Å². The van der Waals surface area contributed by atoms with Crippen LogP contribution in [0, 0.1) is 0 Å². The van der Waals surface area contributed by atoms with Gasteiger partial charge in [0.1, 0.15) is 36.2 Å². The summed E-state index contributed by atoms with van der Waals surface area (Å²) in [5.74, 6) is 2.35. The average molecular weight is 274 g/mol. The van der Waals surface area contributed by atoms with Crippen LogP contribution < -0.4 is 14.2 Å². The number of ether oxygens (including phenoxy) is 3. The summed E-state index contributed by atoms with van der Waals surface area (Å²) in [7, 11) is 0. The highest BCUT2D eigenvalue weighted by molar-refractivity contribution is 5.33. The van der Waals surface area contributed by atoms with E-state index < -0.39 is 0 Å². The van der Waals surface area contributed by atoms with Crippen molar-refractivity contribution in [1.82, 2.24) is 0 Å². The van der Waals surface area contributed by atoms with Crippen LogP contribution in [0.25, 0.3) is 0 Å². The van der Waals surface area contributed by atoms with Gasteiger partial charge >= 0.3 is 0 Å². The molecule has 0 saturated carbocycles. The van der Waals surface area contributed by atoms with E-state index in [2.05, 4.69) is 0 Å². The van der Waals surface area contributed by atoms with Crippen LogP contribution in [0.15, 0.2) is 48.5 Å². The van der Waals surface area contributed by atoms with Crippen LogP contribution in [-0.2, 0) is 0 Å². The number of phenols is 1. The van der Waals surface area contributed by atoms with Gasteiger partial charge < -0.3 is 19.3 Å². The van der Waals surface area contributed by atoms with Crippen molar-refractivity contribution < 1.29 is 19.3 Å². The van der Waals surface area contributed by atoms with Crippen molar-refractivity contribution in [3.8, 4) is 23.0 Å². The fourth-order valence-electron chi connectivity index (χ4n) is 1.71. The lowest BCUT2D eigenvalue weighted by Crippen LogP contribution is -2.09. The summed E-state index contributed by atoms with van der Waals surface area (Å²) in [5.41, 5.74) is 0. The highest BCUT2D eigenvalue weighted by atomic mass is 16.5. The molecule has 2 rings (SSSR count). The summed E-state index contributed by atoms with van der Waals surface area (Å²) in [6.07, 6.45) is 0. The summed E-state index contributed by atoms with van der Waals surface area (Å²) < 4.78 is 16.4. The van der Waals surface area contributed by atoms with E-state index in [4.69, 9.17) is 14.2 Å². The molecule has 0 bridgehead atoms. The van der Waals surface area contributed by atoms with E-state index in [1.54, 1.807) is 24.3 Å². The topological polar surface area (TPSA) is 47.9 Å². The first-order valence-corrected chi connectivity index (χ1v) is 6.55. The molecular formula is C16H18O4. The third-order valence-electron chi connectivity index (χ3n) is 2.55. The van der Waals surface area contributed by atoms with Crippen LogP contribution in [0.3, 0.4) is 0 Å². The Morgan fingerprint density at radius 1 is 0.800 bits per heavy atom. The Bertz CT molecular complexity index is 540. The molecule has 0 fully saturated rings. The highest BCUT2D eigenvalue weighted by Crippen LogP contribution is 2.20. The quantitative estimate of drug-likeness (QED) is 0.787. The molecule has 4 heteroatoms. The zero-order valence-corrected chi connectivity index (χ0v) is 11.4. The van der Waals surface area contributed by atoms with Crippen molar-refractivity contribution in [1.29, 1.82) is 0 Å². The van der Waals surface area contributed by atoms with E-state index in [9.17, 15) is 5.11 Å². The Morgan fingerprint density at radius 2 is 1.35 bits per heavy atom. The second-order valence-corrected chi connectivity index (χ2v) is 4.10. The van der Waals surface area contributed by atoms with Gasteiger partial charge in [-0.1, -0.05) is 12.1 Å². The van der Waals surface area contributed by atoms with Gasteiger partial charge in [-0.25, -0.2) is 0 Å². The first kappa shape index (κ1) is 14.1.